The first kappa shape index (κ1) is 14.5. The van der Waals surface area contributed by atoms with Gasteiger partial charge in [0.1, 0.15) is 22.9 Å². The van der Waals surface area contributed by atoms with Crippen molar-refractivity contribution in [2.24, 2.45) is 0 Å². The van der Waals surface area contributed by atoms with Crippen LogP contribution in [-0.2, 0) is 15.8 Å². The third-order valence-electron chi connectivity index (χ3n) is 3.11. The van der Waals surface area contributed by atoms with Gasteiger partial charge in [-0.25, -0.2) is 22.2 Å². The highest BCUT2D eigenvalue weighted by atomic mass is 32.2. The van der Waals surface area contributed by atoms with Crippen molar-refractivity contribution in [1.82, 2.24) is 9.97 Å². The smallest absolute Gasteiger partial charge is 0.237 e. The van der Waals surface area contributed by atoms with Crippen LogP contribution in [0.25, 0.3) is 11.0 Å². The Balaban J connectivity index is 1.93. The average Bonchev–Trinajstić information content (AvgIpc) is 2.92. The molecule has 0 spiro atoms. The Morgan fingerprint density at radius 2 is 1.77 bits per heavy atom. The van der Waals surface area contributed by atoms with Gasteiger partial charge in [-0.15, -0.1) is 0 Å². The van der Waals surface area contributed by atoms with Crippen LogP contribution in [0, 0.1) is 11.6 Å². The minimum absolute atomic E-state index is 0.246. The highest BCUT2D eigenvalue weighted by molar-refractivity contribution is 7.91. The van der Waals surface area contributed by atoms with Gasteiger partial charge in [-0.2, -0.15) is 0 Å². The van der Waals surface area contributed by atoms with E-state index in [0.717, 1.165) is 12.1 Å². The molecule has 0 aliphatic rings. The van der Waals surface area contributed by atoms with Crippen molar-refractivity contribution < 1.29 is 17.2 Å². The SMILES string of the molecule is O=S(=O)(Cc1c(F)cccc1F)Nc1cccc2[nH]cnc12. The van der Waals surface area contributed by atoms with Crippen molar-refractivity contribution >= 4 is 26.7 Å². The predicted molar refractivity (Wildman–Crippen MR) is 78.7 cm³/mol. The average molecular weight is 323 g/mol. The fourth-order valence-electron chi connectivity index (χ4n) is 2.11. The van der Waals surface area contributed by atoms with Crippen LogP contribution in [0.1, 0.15) is 5.56 Å². The van der Waals surface area contributed by atoms with E-state index in [0.29, 0.717) is 11.0 Å². The first-order valence-corrected chi connectivity index (χ1v) is 7.97. The second kappa shape index (κ2) is 5.38. The van der Waals surface area contributed by atoms with Crippen LogP contribution >= 0.6 is 0 Å². The van der Waals surface area contributed by atoms with E-state index in [1.54, 1.807) is 12.1 Å². The minimum Gasteiger partial charge on any atom is -0.345 e. The van der Waals surface area contributed by atoms with Gasteiger partial charge in [-0.05, 0) is 24.3 Å². The number of fused-ring (bicyclic) bond motifs is 1. The second-order valence-corrected chi connectivity index (χ2v) is 6.39. The fraction of sp³-hybridized carbons (Fsp3) is 0.0714. The lowest BCUT2D eigenvalue weighted by Crippen LogP contribution is -2.17. The van der Waals surface area contributed by atoms with Gasteiger partial charge in [0.15, 0.2) is 0 Å². The lowest BCUT2D eigenvalue weighted by atomic mass is 10.2. The van der Waals surface area contributed by atoms with E-state index in [1.807, 2.05) is 0 Å². The molecule has 0 unspecified atom stereocenters. The molecule has 2 aromatic carbocycles. The van der Waals surface area contributed by atoms with Crippen molar-refractivity contribution in [3.63, 3.8) is 0 Å². The molecule has 2 N–H and O–H groups in total. The topological polar surface area (TPSA) is 74.8 Å². The Hall–Kier alpha value is -2.48. The summed E-state index contributed by atoms with van der Waals surface area (Å²) in [4.78, 5) is 6.86. The number of anilines is 1. The van der Waals surface area contributed by atoms with Crippen molar-refractivity contribution in [2.75, 3.05) is 4.72 Å². The Morgan fingerprint density at radius 1 is 1.09 bits per heavy atom. The van der Waals surface area contributed by atoms with Gasteiger partial charge in [0.2, 0.25) is 10.0 Å². The Kier molecular flexibility index (Phi) is 3.53. The zero-order valence-corrected chi connectivity index (χ0v) is 12.0. The number of halogens is 2. The Labute approximate surface area is 125 Å². The van der Waals surface area contributed by atoms with E-state index in [2.05, 4.69) is 14.7 Å². The van der Waals surface area contributed by atoms with Gasteiger partial charge in [0.05, 0.1) is 17.5 Å². The minimum atomic E-state index is -3.99. The molecule has 0 aliphatic heterocycles. The number of aromatic nitrogens is 2. The third kappa shape index (κ3) is 2.77. The Bertz CT molecular complexity index is 918. The van der Waals surface area contributed by atoms with Gasteiger partial charge in [0, 0.05) is 5.56 Å². The van der Waals surface area contributed by atoms with Crippen LogP contribution in [0.2, 0.25) is 0 Å². The first-order valence-electron chi connectivity index (χ1n) is 6.32. The van der Waals surface area contributed by atoms with Gasteiger partial charge in [-0.3, -0.25) is 4.72 Å². The predicted octanol–water partition coefficient (Wildman–Crippen LogP) is 2.78. The molecule has 0 fully saturated rings. The van der Waals surface area contributed by atoms with Gasteiger partial charge in [0.25, 0.3) is 0 Å². The second-order valence-electron chi connectivity index (χ2n) is 4.67. The zero-order chi connectivity index (χ0) is 15.7. The molecule has 1 aromatic heterocycles. The van der Waals surface area contributed by atoms with E-state index in [1.165, 1.54) is 18.5 Å². The maximum Gasteiger partial charge on any atom is 0.237 e. The van der Waals surface area contributed by atoms with E-state index in [9.17, 15) is 17.2 Å². The lowest BCUT2D eigenvalue weighted by molar-refractivity contribution is 0.557. The standard InChI is InChI=1S/C14H11F2N3O2S/c15-10-3-1-4-11(16)9(10)7-22(20,21)19-13-6-2-5-12-14(13)18-8-17-12/h1-6,8,19H,7H2,(H,17,18). The largest absolute Gasteiger partial charge is 0.345 e. The number of imidazole rings is 1. The van der Waals surface area contributed by atoms with E-state index < -0.39 is 33.0 Å². The number of para-hydroxylation sites is 1. The van der Waals surface area contributed by atoms with Crippen LogP contribution in [0.3, 0.4) is 0 Å². The van der Waals surface area contributed by atoms with Crippen molar-refractivity contribution in [3.05, 3.63) is 59.9 Å². The monoisotopic (exact) mass is 323 g/mol. The maximum atomic E-state index is 13.6. The summed E-state index contributed by atoms with van der Waals surface area (Å²) in [5.74, 6) is -2.60. The summed E-state index contributed by atoms with van der Waals surface area (Å²) in [6.07, 6.45) is 1.43. The van der Waals surface area contributed by atoms with Crippen molar-refractivity contribution in [3.8, 4) is 0 Å². The molecular formula is C14H11F2N3O2S. The highest BCUT2D eigenvalue weighted by Crippen LogP contribution is 2.22. The number of hydrogen-bond acceptors (Lipinski definition) is 3. The van der Waals surface area contributed by atoms with Crippen LogP contribution in [0.4, 0.5) is 14.5 Å². The summed E-state index contributed by atoms with van der Waals surface area (Å²) in [6.45, 7) is 0. The third-order valence-corrected chi connectivity index (χ3v) is 4.31. The van der Waals surface area contributed by atoms with Crippen molar-refractivity contribution in [2.45, 2.75) is 5.75 Å². The molecule has 0 amide bonds. The first-order chi connectivity index (χ1) is 10.5. The number of rotatable bonds is 4. The summed E-state index contributed by atoms with van der Waals surface area (Å²) >= 11 is 0. The van der Waals surface area contributed by atoms with Crippen molar-refractivity contribution in [1.29, 1.82) is 0 Å². The van der Waals surface area contributed by atoms with Gasteiger partial charge in [-0.1, -0.05) is 12.1 Å². The number of aromatic amines is 1. The molecule has 0 saturated carbocycles. The summed E-state index contributed by atoms with van der Waals surface area (Å²) < 4.78 is 53.8. The van der Waals surface area contributed by atoms with Crippen LogP contribution < -0.4 is 4.72 Å². The van der Waals surface area contributed by atoms with Gasteiger partial charge < -0.3 is 4.98 Å². The molecule has 0 radical (unpaired) electrons. The summed E-state index contributed by atoms with van der Waals surface area (Å²) in [6, 6.07) is 8.11. The van der Waals surface area contributed by atoms with E-state index in [4.69, 9.17) is 0 Å². The van der Waals surface area contributed by atoms with Crippen LogP contribution in [-0.4, -0.2) is 18.4 Å². The molecule has 0 saturated heterocycles. The highest BCUT2D eigenvalue weighted by Gasteiger charge is 2.19. The van der Waals surface area contributed by atoms with Crippen LogP contribution in [0.5, 0.6) is 0 Å². The molecule has 1 heterocycles. The molecule has 114 valence electrons. The summed E-state index contributed by atoms with van der Waals surface area (Å²) in [5, 5.41) is 0. The molecule has 0 atom stereocenters. The number of sulfonamides is 1. The normalized spacial score (nSPS) is 11.7. The van der Waals surface area contributed by atoms with Gasteiger partial charge >= 0.3 is 0 Å². The number of benzene rings is 2. The number of nitrogens with zero attached hydrogens (tertiary/aromatic N) is 1. The molecule has 5 nitrogen and oxygen atoms in total. The number of hydrogen-bond donors (Lipinski definition) is 2. The molecular weight excluding hydrogens is 312 g/mol. The zero-order valence-electron chi connectivity index (χ0n) is 11.2. The number of H-pyrrole nitrogens is 1. The van der Waals surface area contributed by atoms with E-state index >= 15 is 0 Å². The lowest BCUT2D eigenvalue weighted by Gasteiger charge is -2.10. The maximum absolute atomic E-state index is 13.6. The fourth-order valence-corrected chi connectivity index (χ4v) is 3.34. The summed E-state index contributed by atoms with van der Waals surface area (Å²) in [7, 11) is -3.99. The van der Waals surface area contributed by atoms with Crippen LogP contribution in [0.15, 0.2) is 42.7 Å². The molecule has 0 bridgehead atoms. The number of nitrogens with one attached hydrogen (secondary N) is 2. The Morgan fingerprint density at radius 3 is 2.50 bits per heavy atom. The molecule has 3 aromatic rings. The molecule has 3 rings (SSSR count). The summed E-state index contributed by atoms with van der Waals surface area (Å²) in [5.41, 5.74) is 0.831. The molecule has 8 heteroatoms. The van der Waals surface area contributed by atoms with E-state index in [-0.39, 0.29) is 5.69 Å². The quantitative estimate of drug-likeness (QED) is 0.775. The molecule has 22 heavy (non-hydrogen) atoms. The molecule has 0 aliphatic carbocycles.